The molecule has 0 aliphatic heterocycles. The summed E-state index contributed by atoms with van der Waals surface area (Å²) in [6.07, 6.45) is 0. The average molecular weight is 242 g/mol. The van der Waals surface area contributed by atoms with Crippen LogP contribution in [-0.4, -0.2) is 23.3 Å². The summed E-state index contributed by atoms with van der Waals surface area (Å²) >= 11 is 6.59. The lowest BCUT2D eigenvalue weighted by atomic mass is 10.4. The van der Waals surface area contributed by atoms with E-state index < -0.39 is 0 Å². The molecule has 0 unspecified atom stereocenters. The van der Waals surface area contributed by atoms with Crippen LogP contribution in [0.1, 0.15) is 0 Å². The molecular weight excluding hydrogens is 232 g/mol. The summed E-state index contributed by atoms with van der Waals surface area (Å²) in [6, 6.07) is 1.80. The number of thiophene rings is 1. The lowest BCUT2D eigenvalue weighted by molar-refractivity contribution is 0.185. The van der Waals surface area contributed by atoms with Gasteiger partial charge in [0.2, 0.25) is 0 Å². The molecule has 0 aliphatic rings. The molecule has 0 radical (unpaired) electrons. The van der Waals surface area contributed by atoms with Gasteiger partial charge >= 0.3 is 0 Å². The van der Waals surface area contributed by atoms with Crippen LogP contribution in [0.15, 0.2) is 16.2 Å². The van der Waals surface area contributed by atoms with Gasteiger partial charge in [0.05, 0.1) is 18.5 Å². The average Bonchev–Trinajstić information content (AvgIpc) is 2.65. The SMILES string of the molecule is COCCn1c(=S)[nH]c2sccc2c1=O. The van der Waals surface area contributed by atoms with Crippen molar-refractivity contribution in [3.63, 3.8) is 0 Å². The van der Waals surface area contributed by atoms with Gasteiger partial charge in [-0.15, -0.1) is 11.3 Å². The molecule has 0 bridgehead atoms. The molecule has 0 aromatic carbocycles. The Morgan fingerprint density at radius 3 is 3.20 bits per heavy atom. The first-order valence-electron chi connectivity index (χ1n) is 4.43. The van der Waals surface area contributed by atoms with Crippen LogP contribution in [0.25, 0.3) is 10.2 Å². The van der Waals surface area contributed by atoms with Crippen LogP contribution in [-0.2, 0) is 11.3 Å². The third kappa shape index (κ3) is 1.88. The van der Waals surface area contributed by atoms with Gasteiger partial charge < -0.3 is 9.72 Å². The van der Waals surface area contributed by atoms with Gasteiger partial charge in [-0.05, 0) is 23.7 Å². The van der Waals surface area contributed by atoms with Gasteiger partial charge in [-0.3, -0.25) is 9.36 Å². The minimum atomic E-state index is -0.0490. The number of nitrogens with zero attached hydrogens (tertiary/aromatic N) is 1. The Hall–Kier alpha value is -0.980. The molecule has 1 N–H and O–H groups in total. The summed E-state index contributed by atoms with van der Waals surface area (Å²) in [5, 5.41) is 2.56. The van der Waals surface area contributed by atoms with E-state index >= 15 is 0 Å². The molecule has 0 amide bonds. The van der Waals surface area contributed by atoms with Gasteiger partial charge in [0, 0.05) is 7.11 Å². The van der Waals surface area contributed by atoms with E-state index in [0.29, 0.717) is 23.3 Å². The van der Waals surface area contributed by atoms with E-state index in [9.17, 15) is 4.79 Å². The van der Waals surface area contributed by atoms with E-state index in [2.05, 4.69) is 4.98 Å². The standard InChI is InChI=1S/C9H10N2O2S2/c1-13-4-3-11-8(12)6-2-5-15-7(6)10-9(11)14/h2,5H,3-4H2,1H3,(H,10,14). The van der Waals surface area contributed by atoms with Crippen molar-refractivity contribution < 1.29 is 4.74 Å². The molecule has 0 atom stereocenters. The molecular formula is C9H10N2O2S2. The molecule has 2 aromatic heterocycles. The predicted molar refractivity (Wildman–Crippen MR) is 63.1 cm³/mol. The highest BCUT2D eigenvalue weighted by atomic mass is 32.1. The van der Waals surface area contributed by atoms with E-state index in [1.165, 1.54) is 15.9 Å². The highest BCUT2D eigenvalue weighted by molar-refractivity contribution is 7.71. The third-order valence-corrected chi connectivity index (χ3v) is 3.28. The fourth-order valence-corrected chi connectivity index (χ4v) is 2.48. The molecule has 6 heteroatoms. The van der Waals surface area contributed by atoms with Crippen molar-refractivity contribution in [2.75, 3.05) is 13.7 Å². The second kappa shape index (κ2) is 4.26. The number of H-pyrrole nitrogens is 1. The van der Waals surface area contributed by atoms with E-state index in [0.717, 1.165) is 4.83 Å². The monoisotopic (exact) mass is 242 g/mol. The molecule has 0 spiro atoms. The number of ether oxygens (including phenoxy) is 1. The Bertz CT molecular complexity index is 582. The van der Waals surface area contributed by atoms with E-state index in [1.54, 1.807) is 13.2 Å². The quantitative estimate of drug-likeness (QED) is 0.834. The van der Waals surface area contributed by atoms with Crippen LogP contribution in [0.5, 0.6) is 0 Å². The predicted octanol–water partition coefficient (Wildman–Crippen LogP) is 1.77. The van der Waals surface area contributed by atoms with Crippen molar-refractivity contribution in [1.29, 1.82) is 0 Å². The smallest absolute Gasteiger partial charge is 0.263 e. The molecule has 2 heterocycles. The Labute approximate surface area is 95.1 Å². The number of methoxy groups -OCH3 is 1. The Balaban J connectivity index is 2.62. The summed E-state index contributed by atoms with van der Waals surface area (Å²) in [6.45, 7) is 0.962. The van der Waals surface area contributed by atoms with Crippen molar-refractivity contribution in [3.8, 4) is 0 Å². The first-order valence-corrected chi connectivity index (χ1v) is 5.72. The van der Waals surface area contributed by atoms with Crippen molar-refractivity contribution in [2.24, 2.45) is 0 Å². The number of fused-ring (bicyclic) bond motifs is 1. The van der Waals surface area contributed by atoms with Gasteiger partial charge in [0.25, 0.3) is 5.56 Å². The fourth-order valence-electron chi connectivity index (χ4n) is 1.36. The van der Waals surface area contributed by atoms with Crippen LogP contribution in [0.2, 0.25) is 0 Å². The normalized spacial score (nSPS) is 11.0. The van der Waals surface area contributed by atoms with Gasteiger partial charge in [-0.2, -0.15) is 0 Å². The minimum absolute atomic E-state index is 0.0490. The van der Waals surface area contributed by atoms with Crippen molar-refractivity contribution >= 4 is 33.8 Å². The number of rotatable bonds is 3. The summed E-state index contributed by atoms with van der Waals surface area (Å²) in [4.78, 5) is 15.8. The first kappa shape index (κ1) is 10.5. The molecule has 80 valence electrons. The number of hydrogen-bond donors (Lipinski definition) is 1. The Morgan fingerprint density at radius 1 is 1.67 bits per heavy atom. The Morgan fingerprint density at radius 2 is 2.47 bits per heavy atom. The fraction of sp³-hybridized carbons (Fsp3) is 0.333. The molecule has 4 nitrogen and oxygen atoms in total. The van der Waals surface area contributed by atoms with E-state index in [4.69, 9.17) is 17.0 Å². The zero-order valence-electron chi connectivity index (χ0n) is 8.15. The van der Waals surface area contributed by atoms with Crippen molar-refractivity contribution in [1.82, 2.24) is 9.55 Å². The van der Waals surface area contributed by atoms with Gasteiger partial charge in [-0.1, -0.05) is 0 Å². The van der Waals surface area contributed by atoms with Gasteiger partial charge in [0.15, 0.2) is 4.77 Å². The molecule has 0 saturated carbocycles. The van der Waals surface area contributed by atoms with Crippen LogP contribution in [0.3, 0.4) is 0 Å². The van der Waals surface area contributed by atoms with E-state index in [-0.39, 0.29) is 5.56 Å². The topological polar surface area (TPSA) is 47.0 Å². The summed E-state index contributed by atoms with van der Waals surface area (Å²) < 4.78 is 6.90. The van der Waals surface area contributed by atoms with Gasteiger partial charge in [-0.25, -0.2) is 0 Å². The lowest BCUT2D eigenvalue weighted by Gasteiger charge is -2.04. The minimum Gasteiger partial charge on any atom is -0.383 e. The van der Waals surface area contributed by atoms with Crippen molar-refractivity contribution in [2.45, 2.75) is 6.54 Å². The molecule has 0 aliphatic carbocycles. The van der Waals surface area contributed by atoms with Crippen LogP contribution in [0.4, 0.5) is 0 Å². The number of aromatic nitrogens is 2. The van der Waals surface area contributed by atoms with Crippen LogP contribution in [0, 0.1) is 4.77 Å². The molecule has 2 aromatic rings. The summed E-state index contributed by atoms with van der Waals surface area (Å²) in [5.74, 6) is 0. The maximum Gasteiger partial charge on any atom is 0.263 e. The maximum absolute atomic E-state index is 11.9. The second-order valence-electron chi connectivity index (χ2n) is 3.04. The summed E-state index contributed by atoms with van der Waals surface area (Å²) in [7, 11) is 1.60. The zero-order chi connectivity index (χ0) is 10.8. The second-order valence-corrected chi connectivity index (χ2v) is 4.35. The Kier molecular flexibility index (Phi) is 2.99. The first-order chi connectivity index (χ1) is 7.24. The van der Waals surface area contributed by atoms with Crippen LogP contribution >= 0.6 is 23.6 Å². The molecule has 2 rings (SSSR count). The van der Waals surface area contributed by atoms with Crippen molar-refractivity contribution in [3.05, 3.63) is 26.6 Å². The lowest BCUT2D eigenvalue weighted by Crippen LogP contribution is -2.23. The maximum atomic E-state index is 11.9. The number of nitrogens with one attached hydrogen (secondary N) is 1. The number of hydrogen-bond acceptors (Lipinski definition) is 4. The number of aromatic amines is 1. The summed E-state index contributed by atoms with van der Waals surface area (Å²) in [5.41, 5.74) is -0.0490. The highest BCUT2D eigenvalue weighted by Crippen LogP contribution is 2.13. The largest absolute Gasteiger partial charge is 0.383 e. The molecule has 0 saturated heterocycles. The highest BCUT2D eigenvalue weighted by Gasteiger charge is 2.05. The molecule has 15 heavy (non-hydrogen) atoms. The van der Waals surface area contributed by atoms with E-state index in [1.807, 2.05) is 5.38 Å². The zero-order valence-corrected chi connectivity index (χ0v) is 9.78. The van der Waals surface area contributed by atoms with Crippen LogP contribution < -0.4 is 5.56 Å². The van der Waals surface area contributed by atoms with Gasteiger partial charge in [0.1, 0.15) is 4.83 Å². The third-order valence-electron chi connectivity index (χ3n) is 2.13. The molecule has 0 fully saturated rings.